The van der Waals surface area contributed by atoms with Crippen molar-refractivity contribution in [2.24, 2.45) is 14.1 Å². The van der Waals surface area contributed by atoms with E-state index in [0.29, 0.717) is 18.5 Å². The second-order valence-corrected chi connectivity index (χ2v) is 7.50. The lowest BCUT2D eigenvalue weighted by Crippen LogP contribution is -2.37. The zero-order chi connectivity index (χ0) is 22.4. The van der Waals surface area contributed by atoms with E-state index in [9.17, 15) is 23.9 Å². The number of hydrogen-bond donors (Lipinski definition) is 1. The van der Waals surface area contributed by atoms with Gasteiger partial charge in [0.25, 0.3) is 11.1 Å². The molecule has 0 aliphatic rings. The van der Waals surface area contributed by atoms with Gasteiger partial charge in [0.15, 0.2) is 11.2 Å². The van der Waals surface area contributed by atoms with Crippen LogP contribution in [-0.4, -0.2) is 28.2 Å². The summed E-state index contributed by atoms with van der Waals surface area (Å²) in [6, 6.07) is 5.25. The molecule has 0 unspecified atom stereocenters. The van der Waals surface area contributed by atoms with E-state index in [1.165, 1.54) is 51.9 Å². The van der Waals surface area contributed by atoms with Gasteiger partial charge in [0.2, 0.25) is 11.7 Å². The Kier molecular flexibility index (Phi) is 5.00. The summed E-state index contributed by atoms with van der Waals surface area (Å²) in [5.41, 5.74) is -1.28. The predicted molar refractivity (Wildman–Crippen MR) is 114 cm³/mol. The molecule has 0 saturated heterocycles. The third-order valence-electron chi connectivity index (χ3n) is 5.50. The molecule has 4 aromatic rings. The Labute approximate surface area is 175 Å². The second kappa shape index (κ2) is 7.53. The van der Waals surface area contributed by atoms with Crippen LogP contribution in [0.4, 0.5) is 4.39 Å². The molecule has 0 bridgehead atoms. The van der Waals surface area contributed by atoms with Crippen molar-refractivity contribution in [2.75, 3.05) is 0 Å². The maximum Gasteiger partial charge on any atom is 0.332 e. The van der Waals surface area contributed by atoms with Crippen molar-refractivity contribution >= 4 is 16.9 Å². The zero-order valence-electron chi connectivity index (χ0n) is 17.4. The van der Waals surface area contributed by atoms with Gasteiger partial charge in [-0.1, -0.05) is 19.8 Å². The first-order valence-corrected chi connectivity index (χ1v) is 9.98. The number of fused-ring (bicyclic) bond motifs is 3. The van der Waals surface area contributed by atoms with E-state index in [1.807, 2.05) is 6.92 Å². The van der Waals surface area contributed by atoms with E-state index >= 15 is 0 Å². The lowest BCUT2D eigenvalue weighted by molar-refractivity contribution is 0.434. The van der Waals surface area contributed by atoms with E-state index in [-0.39, 0.29) is 28.4 Å². The van der Waals surface area contributed by atoms with Crippen LogP contribution in [0.3, 0.4) is 0 Å². The molecule has 0 atom stereocenters. The van der Waals surface area contributed by atoms with Crippen LogP contribution in [0.1, 0.15) is 31.7 Å². The van der Waals surface area contributed by atoms with E-state index < -0.39 is 22.6 Å². The smallest absolute Gasteiger partial charge is 0.332 e. The first-order valence-electron chi connectivity index (χ1n) is 9.98. The van der Waals surface area contributed by atoms with Crippen molar-refractivity contribution in [3.63, 3.8) is 0 Å². The normalized spacial score (nSPS) is 11.6. The fourth-order valence-electron chi connectivity index (χ4n) is 3.78. The molecule has 1 aromatic carbocycles. The molecular formula is C21H22FN5O4. The Morgan fingerprint density at radius 2 is 1.68 bits per heavy atom. The second-order valence-electron chi connectivity index (χ2n) is 7.50. The molecule has 0 saturated carbocycles. The number of benzene rings is 1. The maximum atomic E-state index is 13.5. The molecule has 1 N–H and O–H groups in total. The first kappa shape index (κ1) is 20.6. The topological polar surface area (TPSA) is 104 Å². The van der Waals surface area contributed by atoms with Crippen molar-refractivity contribution in [3.05, 3.63) is 66.8 Å². The van der Waals surface area contributed by atoms with Crippen LogP contribution >= 0.6 is 0 Å². The molecule has 3 heterocycles. The first-order chi connectivity index (χ1) is 14.8. The van der Waals surface area contributed by atoms with E-state index in [4.69, 9.17) is 0 Å². The number of aryl methyl sites for hydroxylation is 1. The Hall–Kier alpha value is -3.69. The summed E-state index contributed by atoms with van der Waals surface area (Å²) >= 11 is 0. The molecule has 3 aromatic heterocycles. The van der Waals surface area contributed by atoms with Gasteiger partial charge in [0.1, 0.15) is 5.82 Å². The van der Waals surface area contributed by atoms with Crippen LogP contribution in [0.5, 0.6) is 5.88 Å². The highest BCUT2D eigenvalue weighted by Crippen LogP contribution is 2.24. The minimum absolute atomic E-state index is 0.0234. The molecule has 0 amide bonds. The summed E-state index contributed by atoms with van der Waals surface area (Å²) in [6.45, 7) is 2.02. The van der Waals surface area contributed by atoms with Crippen LogP contribution in [0.2, 0.25) is 0 Å². The number of hydrogen-bond acceptors (Lipinski definition) is 5. The molecule has 0 spiro atoms. The van der Waals surface area contributed by atoms with Gasteiger partial charge in [-0.05, 0) is 37.1 Å². The average Bonchev–Trinajstić information content (AvgIpc) is 3.15. The number of unbranched alkanes of at least 4 members (excludes halogenated alkanes) is 2. The third kappa shape index (κ3) is 3.06. The van der Waals surface area contributed by atoms with Crippen molar-refractivity contribution in [3.8, 4) is 11.6 Å². The fourth-order valence-corrected chi connectivity index (χ4v) is 3.78. The minimum Gasteiger partial charge on any atom is -0.494 e. The Morgan fingerprint density at radius 3 is 2.32 bits per heavy atom. The van der Waals surface area contributed by atoms with Crippen molar-refractivity contribution in [2.45, 2.75) is 32.6 Å². The largest absolute Gasteiger partial charge is 0.494 e. The Morgan fingerprint density at radius 1 is 1.00 bits per heavy atom. The third-order valence-corrected chi connectivity index (χ3v) is 5.50. The number of halogens is 1. The molecule has 162 valence electrons. The van der Waals surface area contributed by atoms with E-state index in [0.717, 1.165) is 17.4 Å². The Bertz CT molecular complexity index is 1490. The molecule has 0 radical (unpaired) electrons. The molecule has 0 aliphatic heterocycles. The van der Waals surface area contributed by atoms with Crippen molar-refractivity contribution < 1.29 is 9.50 Å². The highest BCUT2D eigenvalue weighted by Gasteiger charge is 2.24. The van der Waals surface area contributed by atoms with Crippen LogP contribution in [0, 0.1) is 5.82 Å². The van der Waals surface area contributed by atoms with E-state index in [1.54, 1.807) is 0 Å². The van der Waals surface area contributed by atoms with Gasteiger partial charge in [0.05, 0.1) is 11.3 Å². The van der Waals surface area contributed by atoms with E-state index in [2.05, 4.69) is 4.98 Å². The van der Waals surface area contributed by atoms with Crippen LogP contribution in [0.25, 0.3) is 22.6 Å². The number of nitrogens with zero attached hydrogens (tertiary/aromatic N) is 5. The number of aromatic hydroxyl groups is 1. The average molecular weight is 427 g/mol. The van der Waals surface area contributed by atoms with Gasteiger partial charge >= 0.3 is 5.69 Å². The van der Waals surface area contributed by atoms with Gasteiger partial charge in [0, 0.05) is 14.1 Å². The van der Waals surface area contributed by atoms with Crippen molar-refractivity contribution in [1.82, 2.24) is 23.1 Å². The highest BCUT2D eigenvalue weighted by molar-refractivity contribution is 5.77. The summed E-state index contributed by atoms with van der Waals surface area (Å²) in [7, 11) is 2.79. The number of rotatable bonds is 5. The van der Waals surface area contributed by atoms with Gasteiger partial charge < -0.3 is 5.11 Å². The highest BCUT2D eigenvalue weighted by atomic mass is 19.1. The quantitative estimate of drug-likeness (QED) is 0.488. The predicted octanol–water partition coefficient (Wildman–Crippen LogP) is 1.61. The van der Waals surface area contributed by atoms with Crippen LogP contribution in [0.15, 0.2) is 38.6 Å². The van der Waals surface area contributed by atoms with Crippen LogP contribution in [-0.2, 0) is 20.5 Å². The van der Waals surface area contributed by atoms with Crippen LogP contribution < -0.4 is 16.8 Å². The molecule has 31 heavy (non-hydrogen) atoms. The molecule has 4 rings (SSSR count). The standard InChI is InChI=1S/C21H22FN5O4/c1-4-5-6-7-14-17(28)26(13-10-8-12(22)9-11-13)20-23-16-15(27(20)18(14)29)19(30)25(3)21(31)24(16)2/h8-11,29H,4-7H2,1-3H3. The van der Waals surface area contributed by atoms with Gasteiger partial charge in [-0.3, -0.25) is 18.7 Å². The molecular weight excluding hydrogens is 405 g/mol. The molecule has 0 fully saturated rings. The van der Waals surface area contributed by atoms with Crippen molar-refractivity contribution in [1.29, 1.82) is 0 Å². The lowest BCUT2D eigenvalue weighted by Gasteiger charge is -2.13. The lowest BCUT2D eigenvalue weighted by atomic mass is 10.1. The fraction of sp³-hybridized carbons (Fsp3) is 0.333. The SMILES string of the molecule is CCCCCc1c(O)n2c3c(=O)n(C)c(=O)n(C)c3nc2n(-c2ccc(F)cc2)c1=O. The molecule has 10 heteroatoms. The molecule has 0 aliphatic carbocycles. The monoisotopic (exact) mass is 427 g/mol. The summed E-state index contributed by atoms with van der Waals surface area (Å²) in [5, 5.41) is 11.0. The summed E-state index contributed by atoms with van der Waals surface area (Å²) < 4.78 is 18.0. The number of imidazole rings is 1. The van der Waals surface area contributed by atoms with Gasteiger partial charge in [-0.2, -0.15) is 4.98 Å². The zero-order valence-corrected chi connectivity index (χ0v) is 17.4. The van der Waals surface area contributed by atoms with Gasteiger partial charge in [-0.25, -0.2) is 18.2 Å². The maximum absolute atomic E-state index is 13.5. The van der Waals surface area contributed by atoms with Gasteiger partial charge in [-0.15, -0.1) is 0 Å². The molecule has 9 nitrogen and oxygen atoms in total. The summed E-state index contributed by atoms with van der Waals surface area (Å²) in [4.78, 5) is 43.0. The Balaban J connectivity index is 2.22. The summed E-state index contributed by atoms with van der Waals surface area (Å²) in [5.74, 6) is -0.895. The summed E-state index contributed by atoms with van der Waals surface area (Å²) in [6.07, 6.45) is 2.74. The minimum atomic E-state index is -0.648. The number of aromatic nitrogens is 5.